The van der Waals surface area contributed by atoms with E-state index in [2.05, 4.69) is 383 Å². The first kappa shape index (κ1) is 68.1. The van der Waals surface area contributed by atoms with Crippen LogP contribution in [0.15, 0.2) is 328 Å². The van der Waals surface area contributed by atoms with E-state index < -0.39 is 5.41 Å². The standard InChI is InChI=1S/C104H81BN6/c1-102(2,3)75-47-43-69(44-48-75)87-58-73(71-32-25-27-66(55-71)65-106)57-85(67-28-13-11-14-29-67)100(87)110-95-63-79(108-91-39-21-17-35-81(91)82-36-18-22-40-92(82)108)51-53-89(95)105-90-54-52-80(109-93-41-23-19-37-83(93)84-38-20-24-42-94(84)109)64-96(90)111(98-62-77(104(7,8)9)61-97(110)99(98)105)101-86(68-30-15-12-16-31-68)59-74(72-33-26-34-78(56-72)107-10)60-88(101)70-45-49-76(50-46-70)103(4,5)6/h11-64H,1-9H3. The van der Waals surface area contributed by atoms with Crippen molar-refractivity contribution in [1.29, 1.82) is 5.26 Å². The second-order valence-electron chi connectivity index (χ2n) is 33.1. The van der Waals surface area contributed by atoms with Crippen LogP contribution in [0.25, 0.3) is 127 Å². The minimum absolute atomic E-state index is 0.111. The van der Waals surface area contributed by atoms with Gasteiger partial charge in [-0.15, -0.1) is 0 Å². The molecule has 0 spiro atoms. The first-order valence-electron chi connectivity index (χ1n) is 38.6. The molecule has 2 aliphatic rings. The third-order valence-electron chi connectivity index (χ3n) is 23.2. The van der Waals surface area contributed by atoms with Crippen LogP contribution in [-0.4, -0.2) is 15.8 Å². The van der Waals surface area contributed by atoms with Crippen LogP contribution < -0.4 is 26.2 Å². The van der Waals surface area contributed by atoms with Gasteiger partial charge in [0.1, 0.15) is 0 Å². The zero-order valence-electron chi connectivity index (χ0n) is 63.9. The lowest BCUT2D eigenvalue weighted by Crippen LogP contribution is -2.61. The molecule has 530 valence electrons. The minimum atomic E-state index is -0.413. The number of nitrogens with zero attached hydrogens (tertiary/aromatic N) is 6. The van der Waals surface area contributed by atoms with Gasteiger partial charge in [-0.05, 0) is 197 Å². The maximum absolute atomic E-state index is 10.6. The van der Waals surface area contributed by atoms with E-state index in [-0.39, 0.29) is 17.5 Å². The first-order chi connectivity index (χ1) is 53.9. The van der Waals surface area contributed by atoms with Gasteiger partial charge in [-0.1, -0.05) is 287 Å². The molecule has 17 aromatic rings. The third kappa shape index (κ3) is 11.4. The number of fused-ring (bicyclic) bond motifs is 10. The molecule has 0 saturated carbocycles. The van der Waals surface area contributed by atoms with E-state index in [1.807, 2.05) is 36.4 Å². The van der Waals surface area contributed by atoms with Gasteiger partial charge in [-0.3, -0.25) is 0 Å². The highest BCUT2D eigenvalue weighted by Crippen LogP contribution is 2.56. The zero-order valence-corrected chi connectivity index (χ0v) is 63.9. The van der Waals surface area contributed by atoms with Crippen molar-refractivity contribution >= 4 is 107 Å². The molecule has 0 unspecified atom stereocenters. The van der Waals surface area contributed by atoms with Crippen molar-refractivity contribution in [3.8, 4) is 84.2 Å². The molecular weight excluding hydrogens is 1340 g/mol. The predicted octanol–water partition coefficient (Wildman–Crippen LogP) is 26.3. The summed E-state index contributed by atoms with van der Waals surface area (Å²) < 4.78 is 4.95. The fourth-order valence-electron chi connectivity index (χ4n) is 17.6. The van der Waals surface area contributed by atoms with E-state index >= 15 is 0 Å². The number of para-hydroxylation sites is 4. The molecule has 7 heteroatoms. The second kappa shape index (κ2) is 26.2. The lowest BCUT2D eigenvalue weighted by molar-refractivity contribution is 0.590. The van der Waals surface area contributed by atoms with E-state index in [4.69, 9.17) is 6.57 Å². The fourth-order valence-corrected chi connectivity index (χ4v) is 17.6. The van der Waals surface area contributed by atoms with Gasteiger partial charge in [0.05, 0.1) is 51.6 Å². The Bertz CT molecular complexity index is 6220. The SMILES string of the molecule is [C-]#[N+]c1cccc(-c2cc(-c3ccccc3)c(N3c4cc(-n5c6ccccc6c6ccccc65)ccc4B4c5ccc(-n6c7ccccc7c7ccccc76)cc5N(c5c(-c6ccccc6)cc(-c6cccc(C#N)c6)cc5-c5ccc(C(C)(C)C)cc5)c5cc(C(C)(C)C)cc3c54)c(-c3ccc(C(C)(C)C)cc3)c2)c1. The number of nitriles is 1. The molecule has 111 heavy (non-hydrogen) atoms. The van der Waals surface area contributed by atoms with Crippen molar-refractivity contribution in [2.75, 3.05) is 9.80 Å². The van der Waals surface area contributed by atoms with Crippen molar-refractivity contribution in [2.45, 2.75) is 78.6 Å². The van der Waals surface area contributed by atoms with E-state index in [0.717, 1.165) is 145 Å². The molecule has 2 aromatic heterocycles. The Morgan fingerprint density at radius 3 is 1.04 bits per heavy atom. The average Bonchev–Trinajstić information content (AvgIpc) is 0.766. The van der Waals surface area contributed by atoms with E-state index in [1.165, 1.54) is 43.7 Å². The fraction of sp³-hybridized carbons (Fsp3) is 0.115. The van der Waals surface area contributed by atoms with Gasteiger partial charge in [0.15, 0.2) is 5.69 Å². The highest BCUT2D eigenvalue weighted by Gasteiger charge is 2.47. The quantitative estimate of drug-likeness (QED) is 0.101. The van der Waals surface area contributed by atoms with Crippen molar-refractivity contribution in [3.05, 3.63) is 361 Å². The third-order valence-corrected chi connectivity index (χ3v) is 23.2. The molecule has 19 rings (SSSR count). The van der Waals surface area contributed by atoms with E-state index in [0.29, 0.717) is 11.3 Å². The monoisotopic (exact) mass is 1420 g/mol. The molecule has 15 aromatic carbocycles. The molecule has 0 radical (unpaired) electrons. The number of anilines is 6. The molecule has 6 nitrogen and oxygen atoms in total. The molecular formula is C104H81BN6. The van der Waals surface area contributed by atoms with Gasteiger partial charge in [0, 0.05) is 77.9 Å². The van der Waals surface area contributed by atoms with Gasteiger partial charge in [-0.25, -0.2) is 4.85 Å². The summed E-state index contributed by atoms with van der Waals surface area (Å²) in [6, 6.07) is 124. The van der Waals surface area contributed by atoms with Crippen LogP contribution >= 0.6 is 0 Å². The molecule has 2 aliphatic heterocycles. The van der Waals surface area contributed by atoms with Crippen LogP contribution in [0.2, 0.25) is 0 Å². The summed E-state index contributed by atoms with van der Waals surface area (Å²) in [5.41, 5.74) is 33.1. The van der Waals surface area contributed by atoms with Crippen LogP contribution in [0, 0.1) is 17.9 Å². The Kier molecular flexibility index (Phi) is 16.1. The van der Waals surface area contributed by atoms with Gasteiger partial charge in [-0.2, -0.15) is 5.26 Å². The van der Waals surface area contributed by atoms with Crippen LogP contribution in [0.1, 0.15) is 84.6 Å². The highest BCUT2D eigenvalue weighted by molar-refractivity contribution is 7.00. The summed E-state index contributed by atoms with van der Waals surface area (Å²) in [5, 5.41) is 15.4. The van der Waals surface area contributed by atoms with Crippen molar-refractivity contribution in [1.82, 2.24) is 9.13 Å². The normalized spacial score (nSPS) is 12.7. The topological polar surface area (TPSA) is 44.5 Å². The minimum Gasteiger partial charge on any atom is -0.310 e. The summed E-state index contributed by atoms with van der Waals surface area (Å²) in [5.74, 6) is 0. The summed E-state index contributed by atoms with van der Waals surface area (Å²) in [4.78, 5) is 9.36. The van der Waals surface area contributed by atoms with Crippen molar-refractivity contribution in [2.24, 2.45) is 0 Å². The number of rotatable bonds is 10. The number of hydrogen-bond donors (Lipinski definition) is 0. The largest absolute Gasteiger partial charge is 0.310 e. The van der Waals surface area contributed by atoms with Gasteiger partial charge >= 0.3 is 0 Å². The predicted molar refractivity (Wildman–Crippen MR) is 469 cm³/mol. The highest BCUT2D eigenvalue weighted by atomic mass is 15.2. The maximum atomic E-state index is 10.6. The molecule has 4 heterocycles. The molecule has 0 fully saturated rings. The molecule has 0 saturated heterocycles. The van der Waals surface area contributed by atoms with E-state index in [1.54, 1.807) is 0 Å². The second-order valence-corrected chi connectivity index (χ2v) is 33.1. The molecule has 0 N–H and O–H groups in total. The number of aromatic nitrogens is 2. The Balaban J connectivity index is 1.01. The number of hydrogen-bond acceptors (Lipinski definition) is 3. The summed E-state index contributed by atoms with van der Waals surface area (Å²) in [6.45, 7) is 28.8. The molecule has 0 amide bonds. The number of benzene rings is 15. The average molecular weight is 1430 g/mol. The van der Waals surface area contributed by atoms with Crippen molar-refractivity contribution < 1.29 is 0 Å². The van der Waals surface area contributed by atoms with Crippen LogP contribution in [0.3, 0.4) is 0 Å². The van der Waals surface area contributed by atoms with Gasteiger partial charge in [0.25, 0.3) is 6.71 Å². The molecule has 0 aliphatic carbocycles. The van der Waals surface area contributed by atoms with Gasteiger partial charge in [0.2, 0.25) is 0 Å². The first-order valence-corrected chi connectivity index (χ1v) is 38.6. The van der Waals surface area contributed by atoms with Crippen LogP contribution in [-0.2, 0) is 16.2 Å². The van der Waals surface area contributed by atoms with Crippen molar-refractivity contribution in [3.63, 3.8) is 0 Å². The summed E-state index contributed by atoms with van der Waals surface area (Å²) in [7, 11) is 0. The summed E-state index contributed by atoms with van der Waals surface area (Å²) >= 11 is 0. The van der Waals surface area contributed by atoms with Crippen LogP contribution in [0.5, 0.6) is 0 Å². The zero-order chi connectivity index (χ0) is 75.8. The molecule has 0 bridgehead atoms. The van der Waals surface area contributed by atoms with E-state index in [9.17, 15) is 5.26 Å². The smallest absolute Gasteiger partial charge is 0.252 e. The Labute approximate surface area is 650 Å². The Hall–Kier alpha value is -13.5. The Morgan fingerprint density at radius 1 is 0.306 bits per heavy atom. The molecule has 0 atom stereocenters. The maximum Gasteiger partial charge on any atom is 0.252 e. The Morgan fingerprint density at radius 2 is 0.658 bits per heavy atom. The lowest BCUT2D eigenvalue weighted by Gasteiger charge is -2.46. The summed E-state index contributed by atoms with van der Waals surface area (Å²) in [6.07, 6.45) is 0. The van der Waals surface area contributed by atoms with Gasteiger partial charge < -0.3 is 18.9 Å². The van der Waals surface area contributed by atoms with Crippen LogP contribution in [0.4, 0.5) is 39.8 Å². The lowest BCUT2D eigenvalue weighted by atomic mass is 9.33.